The standard InChI is InChI=1S/C15H16N4O4S/c1-23-7-3-6-17-15-12(9-16)13(20)18-14(24-15)10-4-2-5-11(8-10)19(21)22/h2,4-5,8,12,14H,3,6-7H2,1H3,(H,18,20)/t12?,14-/m1/s1. The summed E-state index contributed by atoms with van der Waals surface area (Å²) in [6, 6.07) is 7.99. The van der Waals surface area contributed by atoms with E-state index in [9.17, 15) is 20.2 Å². The fraction of sp³-hybridized carbons (Fsp3) is 0.400. The van der Waals surface area contributed by atoms with Crippen molar-refractivity contribution in [2.45, 2.75) is 11.8 Å². The molecule has 0 spiro atoms. The average molecular weight is 348 g/mol. The Balaban J connectivity index is 2.21. The van der Waals surface area contributed by atoms with Crippen LogP contribution in [-0.2, 0) is 9.53 Å². The molecule has 126 valence electrons. The summed E-state index contributed by atoms with van der Waals surface area (Å²) in [5.41, 5.74) is 0.534. The maximum Gasteiger partial charge on any atom is 0.269 e. The largest absolute Gasteiger partial charge is 0.385 e. The molecular weight excluding hydrogens is 332 g/mol. The van der Waals surface area contributed by atoms with Crippen LogP contribution < -0.4 is 5.32 Å². The van der Waals surface area contributed by atoms with Gasteiger partial charge in [0.05, 0.1) is 16.0 Å². The van der Waals surface area contributed by atoms with Gasteiger partial charge in [0.25, 0.3) is 5.69 Å². The Morgan fingerprint density at radius 1 is 1.54 bits per heavy atom. The van der Waals surface area contributed by atoms with Crippen LogP contribution >= 0.6 is 11.8 Å². The molecule has 1 aliphatic heterocycles. The van der Waals surface area contributed by atoms with Crippen LogP contribution in [0.1, 0.15) is 17.4 Å². The summed E-state index contributed by atoms with van der Waals surface area (Å²) in [5.74, 6) is -1.40. The molecule has 1 fully saturated rings. The van der Waals surface area contributed by atoms with E-state index in [4.69, 9.17) is 4.74 Å². The van der Waals surface area contributed by atoms with Crippen molar-refractivity contribution in [2.75, 3.05) is 20.3 Å². The molecule has 24 heavy (non-hydrogen) atoms. The minimum atomic E-state index is -0.951. The first kappa shape index (κ1) is 17.9. The third-order valence-corrected chi connectivity index (χ3v) is 4.54. The van der Waals surface area contributed by atoms with Crippen LogP contribution in [0.2, 0.25) is 0 Å². The van der Waals surface area contributed by atoms with Crippen LogP contribution in [0.15, 0.2) is 29.3 Å². The number of carbonyl (C=O) groups excluding carboxylic acids is 1. The Labute approximate surface area is 143 Å². The van der Waals surface area contributed by atoms with E-state index in [1.54, 1.807) is 19.2 Å². The van der Waals surface area contributed by atoms with E-state index < -0.39 is 22.1 Å². The van der Waals surface area contributed by atoms with Crippen LogP contribution in [-0.4, -0.2) is 36.1 Å². The molecule has 0 aromatic heterocycles. The molecule has 1 aromatic carbocycles. The van der Waals surface area contributed by atoms with Crippen molar-refractivity contribution in [1.82, 2.24) is 5.32 Å². The second-order valence-corrected chi connectivity index (χ2v) is 6.11. The number of nitriles is 1. The van der Waals surface area contributed by atoms with E-state index in [2.05, 4.69) is 10.3 Å². The van der Waals surface area contributed by atoms with Gasteiger partial charge in [-0.25, -0.2) is 0 Å². The molecule has 1 saturated heterocycles. The highest BCUT2D eigenvalue weighted by molar-refractivity contribution is 8.14. The molecular formula is C15H16N4O4S. The number of aliphatic imine (C=N–C) groups is 1. The first-order valence-corrected chi connectivity index (χ1v) is 8.09. The zero-order valence-electron chi connectivity index (χ0n) is 13.0. The monoisotopic (exact) mass is 348 g/mol. The van der Waals surface area contributed by atoms with Gasteiger partial charge in [0.15, 0.2) is 5.92 Å². The number of nitrogens with zero attached hydrogens (tertiary/aromatic N) is 3. The van der Waals surface area contributed by atoms with E-state index in [1.807, 2.05) is 6.07 Å². The Morgan fingerprint density at radius 3 is 3.00 bits per heavy atom. The second-order valence-electron chi connectivity index (χ2n) is 4.99. The zero-order chi connectivity index (χ0) is 17.5. The van der Waals surface area contributed by atoms with E-state index in [0.29, 0.717) is 30.2 Å². The summed E-state index contributed by atoms with van der Waals surface area (Å²) in [7, 11) is 1.59. The van der Waals surface area contributed by atoms with Gasteiger partial charge in [-0.15, -0.1) is 0 Å². The number of methoxy groups -OCH3 is 1. The van der Waals surface area contributed by atoms with Crippen molar-refractivity contribution in [3.63, 3.8) is 0 Å². The van der Waals surface area contributed by atoms with E-state index >= 15 is 0 Å². The Morgan fingerprint density at radius 2 is 2.33 bits per heavy atom. The summed E-state index contributed by atoms with van der Waals surface area (Å²) in [5, 5.41) is 22.7. The van der Waals surface area contributed by atoms with Gasteiger partial charge < -0.3 is 10.1 Å². The number of carbonyl (C=O) groups is 1. The van der Waals surface area contributed by atoms with Gasteiger partial charge in [0, 0.05) is 32.4 Å². The number of nitro benzene ring substituents is 1. The van der Waals surface area contributed by atoms with Gasteiger partial charge in [0.2, 0.25) is 5.91 Å². The van der Waals surface area contributed by atoms with Crippen LogP contribution in [0.25, 0.3) is 0 Å². The number of ether oxygens (including phenoxy) is 1. The van der Waals surface area contributed by atoms with E-state index in [0.717, 1.165) is 0 Å². The smallest absolute Gasteiger partial charge is 0.269 e. The number of amides is 1. The van der Waals surface area contributed by atoms with Gasteiger partial charge in [0.1, 0.15) is 5.37 Å². The summed E-state index contributed by atoms with van der Waals surface area (Å²) in [6.07, 6.45) is 0.682. The molecule has 1 aromatic rings. The Bertz CT molecular complexity index is 701. The number of non-ortho nitro benzene ring substituents is 1. The van der Waals surface area contributed by atoms with Gasteiger partial charge in [-0.1, -0.05) is 23.9 Å². The lowest BCUT2D eigenvalue weighted by atomic mass is 10.1. The third-order valence-electron chi connectivity index (χ3n) is 3.31. The van der Waals surface area contributed by atoms with E-state index in [-0.39, 0.29) is 5.69 Å². The zero-order valence-corrected chi connectivity index (χ0v) is 13.8. The topological polar surface area (TPSA) is 118 Å². The van der Waals surface area contributed by atoms with Crippen molar-refractivity contribution < 1.29 is 14.5 Å². The number of nitrogens with one attached hydrogen (secondary N) is 1. The van der Waals surface area contributed by atoms with Crippen molar-refractivity contribution in [3.8, 4) is 6.07 Å². The van der Waals surface area contributed by atoms with Crippen LogP contribution in [0.5, 0.6) is 0 Å². The van der Waals surface area contributed by atoms with Gasteiger partial charge in [-0.2, -0.15) is 5.26 Å². The molecule has 1 heterocycles. The lowest BCUT2D eigenvalue weighted by Crippen LogP contribution is -2.41. The van der Waals surface area contributed by atoms with Crippen molar-refractivity contribution in [3.05, 3.63) is 39.9 Å². The van der Waals surface area contributed by atoms with Crippen molar-refractivity contribution in [1.29, 1.82) is 5.26 Å². The fourth-order valence-corrected chi connectivity index (χ4v) is 3.30. The lowest BCUT2D eigenvalue weighted by molar-refractivity contribution is -0.384. The predicted octanol–water partition coefficient (Wildman–Crippen LogP) is 2.03. The van der Waals surface area contributed by atoms with Crippen molar-refractivity contribution >= 4 is 28.4 Å². The summed E-state index contributed by atoms with van der Waals surface area (Å²) in [6.45, 7) is 0.989. The minimum absolute atomic E-state index is 0.0525. The first-order chi connectivity index (χ1) is 11.6. The molecule has 1 unspecified atom stereocenters. The number of rotatable bonds is 6. The Hall–Kier alpha value is -2.44. The molecule has 0 bridgehead atoms. The SMILES string of the molecule is COCCCN=C1S[C@H](c2cccc([N+](=O)[O-])c2)NC(=O)C1C#N. The van der Waals surface area contributed by atoms with Crippen LogP contribution in [0.3, 0.4) is 0 Å². The number of benzene rings is 1. The third kappa shape index (κ3) is 4.31. The van der Waals surface area contributed by atoms with Gasteiger partial charge >= 0.3 is 0 Å². The highest BCUT2D eigenvalue weighted by atomic mass is 32.2. The molecule has 0 radical (unpaired) electrons. The van der Waals surface area contributed by atoms with Gasteiger partial charge in [-0.3, -0.25) is 19.9 Å². The van der Waals surface area contributed by atoms with Crippen molar-refractivity contribution in [2.24, 2.45) is 10.9 Å². The quantitative estimate of drug-likeness (QED) is 0.477. The molecule has 0 saturated carbocycles. The summed E-state index contributed by atoms with van der Waals surface area (Å²) in [4.78, 5) is 26.9. The number of hydrogen-bond acceptors (Lipinski definition) is 7. The molecule has 9 heteroatoms. The van der Waals surface area contributed by atoms with Crippen LogP contribution in [0.4, 0.5) is 5.69 Å². The molecule has 1 amide bonds. The predicted molar refractivity (Wildman–Crippen MR) is 89.5 cm³/mol. The molecule has 2 rings (SSSR count). The Kier molecular flexibility index (Phi) is 6.28. The number of thioether (sulfide) groups is 1. The van der Waals surface area contributed by atoms with Crippen LogP contribution in [0, 0.1) is 27.4 Å². The fourth-order valence-electron chi connectivity index (χ4n) is 2.14. The summed E-state index contributed by atoms with van der Waals surface area (Å²) >= 11 is 1.23. The molecule has 0 aliphatic carbocycles. The molecule has 1 N–H and O–H groups in total. The highest BCUT2D eigenvalue weighted by Crippen LogP contribution is 2.35. The highest BCUT2D eigenvalue weighted by Gasteiger charge is 2.35. The number of nitro groups is 1. The second kappa shape index (κ2) is 8.42. The maximum atomic E-state index is 12.1. The minimum Gasteiger partial charge on any atom is -0.385 e. The maximum absolute atomic E-state index is 12.1. The molecule has 1 aliphatic rings. The molecule has 8 nitrogen and oxygen atoms in total. The molecule has 2 atom stereocenters. The number of hydrogen-bond donors (Lipinski definition) is 1. The van der Waals surface area contributed by atoms with E-state index in [1.165, 1.54) is 23.9 Å². The average Bonchev–Trinajstić information content (AvgIpc) is 2.58. The first-order valence-electron chi connectivity index (χ1n) is 7.21. The lowest BCUT2D eigenvalue weighted by Gasteiger charge is -2.27. The summed E-state index contributed by atoms with van der Waals surface area (Å²) < 4.78 is 4.95. The normalized spacial score (nSPS) is 22.0. The van der Waals surface area contributed by atoms with Gasteiger partial charge in [-0.05, 0) is 12.0 Å².